The molecule has 0 aliphatic heterocycles. The molecule has 0 atom stereocenters. The first-order valence-electron chi connectivity index (χ1n) is 10.2. The summed E-state index contributed by atoms with van der Waals surface area (Å²) >= 11 is 0. The minimum atomic E-state index is -4.24. The van der Waals surface area contributed by atoms with E-state index in [1.165, 1.54) is 19.9 Å². The van der Waals surface area contributed by atoms with Crippen molar-refractivity contribution in [2.45, 2.75) is 18.7 Å². The molecule has 3 aromatic heterocycles. The Morgan fingerprint density at radius 3 is 2.43 bits per heavy atom. The molecule has 35 heavy (non-hydrogen) atoms. The molecule has 0 unspecified atom stereocenters. The maximum atomic E-state index is 12.9. The molecule has 11 heteroatoms. The predicted molar refractivity (Wildman–Crippen MR) is 127 cm³/mol. The van der Waals surface area contributed by atoms with Crippen molar-refractivity contribution < 1.29 is 22.8 Å². The summed E-state index contributed by atoms with van der Waals surface area (Å²) in [5.74, 6) is 3.96. The summed E-state index contributed by atoms with van der Waals surface area (Å²) in [7, 11) is -4.24. The minimum Gasteiger partial charge on any atom is -0.504 e. The van der Waals surface area contributed by atoms with Gasteiger partial charge in [-0.15, -0.1) is 0 Å². The van der Waals surface area contributed by atoms with E-state index < -0.39 is 27.5 Å². The number of nitrogens with one attached hydrogen (secondary N) is 1. The second-order valence-corrected chi connectivity index (χ2v) is 9.06. The molecule has 4 aromatic rings. The second kappa shape index (κ2) is 9.28. The molecule has 0 fully saturated rings. The topological polar surface area (TPSA) is 161 Å². The molecular formula is C24H19N5O5S. The molecule has 0 aliphatic rings. The molecule has 0 saturated carbocycles. The summed E-state index contributed by atoms with van der Waals surface area (Å²) in [4.78, 5) is 20.0. The van der Waals surface area contributed by atoms with E-state index in [0.29, 0.717) is 11.1 Å². The standard InChI is InChI=1S/C24H19N5O5S/c1-14-22(15(2)34-28-14)35(32,33)29-24-21(30)19(23(25)31)12-20(27-24)18-9-7-16(8-10-18)5-6-17-4-3-11-26-13-17/h3-4,7-13,30H,1-2H3,(H2,25,31)(H,27,29). The van der Waals surface area contributed by atoms with Crippen molar-refractivity contribution in [2.24, 2.45) is 5.73 Å². The van der Waals surface area contributed by atoms with Crippen LogP contribution in [0.25, 0.3) is 11.3 Å². The van der Waals surface area contributed by atoms with Crippen LogP contribution in [0.3, 0.4) is 0 Å². The van der Waals surface area contributed by atoms with Gasteiger partial charge in [-0.25, -0.2) is 13.4 Å². The summed E-state index contributed by atoms with van der Waals surface area (Å²) in [6.45, 7) is 2.90. The van der Waals surface area contributed by atoms with E-state index in [1.54, 1.807) is 42.7 Å². The lowest BCUT2D eigenvalue weighted by atomic mass is 10.1. The molecule has 0 aliphatic carbocycles. The number of primary amides is 1. The number of carbonyl (C=O) groups excluding carboxylic acids is 1. The lowest BCUT2D eigenvalue weighted by molar-refractivity contribution is 0.0997. The molecule has 1 amide bonds. The Morgan fingerprint density at radius 1 is 1.11 bits per heavy atom. The molecule has 4 N–H and O–H groups in total. The normalized spacial score (nSPS) is 10.9. The summed E-state index contributed by atoms with van der Waals surface area (Å²) in [5.41, 5.74) is 7.46. The number of rotatable bonds is 5. The van der Waals surface area contributed by atoms with Crippen LogP contribution in [0.15, 0.2) is 64.3 Å². The van der Waals surface area contributed by atoms with Gasteiger partial charge in [0.2, 0.25) is 0 Å². The molecule has 0 spiro atoms. The van der Waals surface area contributed by atoms with Crippen molar-refractivity contribution in [3.8, 4) is 28.8 Å². The number of carbonyl (C=O) groups is 1. The third-order valence-electron chi connectivity index (χ3n) is 4.92. The van der Waals surface area contributed by atoms with Gasteiger partial charge in [0.25, 0.3) is 15.9 Å². The third-order valence-corrected chi connectivity index (χ3v) is 6.50. The number of amides is 1. The van der Waals surface area contributed by atoms with E-state index >= 15 is 0 Å². The SMILES string of the molecule is Cc1noc(C)c1S(=O)(=O)Nc1nc(-c2ccc(C#Cc3cccnc3)cc2)cc(C(N)=O)c1O. The number of hydrogen-bond donors (Lipinski definition) is 3. The smallest absolute Gasteiger partial charge is 0.268 e. The fourth-order valence-electron chi connectivity index (χ4n) is 3.29. The fourth-order valence-corrected chi connectivity index (χ4v) is 4.63. The zero-order chi connectivity index (χ0) is 25.2. The first-order chi connectivity index (χ1) is 16.7. The molecular weight excluding hydrogens is 470 g/mol. The van der Waals surface area contributed by atoms with Gasteiger partial charge in [-0.05, 0) is 44.2 Å². The highest BCUT2D eigenvalue weighted by Crippen LogP contribution is 2.33. The number of benzene rings is 1. The van der Waals surface area contributed by atoms with Gasteiger partial charge in [-0.2, -0.15) is 0 Å². The quantitative estimate of drug-likeness (QED) is 0.361. The van der Waals surface area contributed by atoms with Crippen LogP contribution >= 0.6 is 0 Å². The van der Waals surface area contributed by atoms with Crippen LogP contribution in [-0.4, -0.2) is 34.6 Å². The Bertz CT molecular complexity index is 1570. The largest absolute Gasteiger partial charge is 0.504 e. The number of sulfonamides is 1. The van der Waals surface area contributed by atoms with Gasteiger partial charge in [0, 0.05) is 29.1 Å². The Labute approximate surface area is 200 Å². The van der Waals surface area contributed by atoms with Gasteiger partial charge in [-0.1, -0.05) is 29.1 Å². The Kier molecular flexibility index (Phi) is 6.22. The van der Waals surface area contributed by atoms with Crippen LogP contribution in [0.1, 0.15) is 32.9 Å². The molecule has 0 saturated heterocycles. The molecule has 176 valence electrons. The average Bonchev–Trinajstić information content (AvgIpc) is 3.18. The van der Waals surface area contributed by atoms with Gasteiger partial charge >= 0.3 is 0 Å². The Morgan fingerprint density at radius 2 is 1.83 bits per heavy atom. The Hall–Kier alpha value is -4.69. The second-order valence-electron chi connectivity index (χ2n) is 7.44. The van der Waals surface area contributed by atoms with E-state index in [-0.39, 0.29) is 27.6 Å². The van der Waals surface area contributed by atoms with Crippen molar-refractivity contribution in [3.63, 3.8) is 0 Å². The molecule has 1 aromatic carbocycles. The average molecular weight is 490 g/mol. The zero-order valence-corrected chi connectivity index (χ0v) is 19.4. The van der Waals surface area contributed by atoms with Crippen molar-refractivity contribution in [1.29, 1.82) is 0 Å². The number of aryl methyl sites for hydroxylation is 2. The van der Waals surface area contributed by atoms with Crippen LogP contribution in [0.2, 0.25) is 0 Å². The maximum absolute atomic E-state index is 12.9. The van der Waals surface area contributed by atoms with Crippen molar-refractivity contribution in [1.82, 2.24) is 15.1 Å². The molecule has 3 heterocycles. The first-order valence-corrected chi connectivity index (χ1v) is 11.7. The van der Waals surface area contributed by atoms with E-state index in [1.807, 2.05) is 6.07 Å². The number of aromatic nitrogens is 3. The van der Waals surface area contributed by atoms with Crippen LogP contribution in [0.5, 0.6) is 5.75 Å². The van der Waals surface area contributed by atoms with E-state index in [2.05, 4.69) is 31.7 Å². The van der Waals surface area contributed by atoms with Crippen molar-refractivity contribution in [3.05, 3.63) is 83.0 Å². The van der Waals surface area contributed by atoms with Crippen LogP contribution in [0.4, 0.5) is 5.82 Å². The highest BCUT2D eigenvalue weighted by Gasteiger charge is 2.27. The lowest BCUT2D eigenvalue weighted by Gasteiger charge is -2.13. The van der Waals surface area contributed by atoms with Crippen molar-refractivity contribution >= 4 is 21.7 Å². The monoisotopic (exact) mass is 489 g/mol. The highest BCUT2D eigenvalue weighted by atomic mass is 32.2. The number of aromatic hydroxyl groups is 1. The molecule has 0 radical (unpaired) electrons. The molecule has 4 rings (SSSR count). The van der Waals surface area contributed by atoms with Gasteiger partial charge in [0.15, 0.2) is 22.2 Å². The lowest BCUT2D eigenvalue weighted by Crippen LogP contribution is -2.18. The van der Waals surface area contributed by atoms with E-state index in [4.69, 9.17) is 10.3 Å². The van der Waals surface area contributed by atoms with Crippen LogP contribution < -0.4 is 10.5 Å². The summed E-state index contributed by atoms with van der Waals surface area (Å²) in [6.07, 6.45) is 3.31. The van der Waals surface area contributed by atoms with Crippen LogP contribution in [-0.2, 0) is 10.0 Å². The first kappa shape index (κ1) is 23.5. The van der Waals surface area contributed by atoms with Crippen LogP contribution in [0, 0.1) is 25.7 Å². The third kappa shape index (κ3) is 4.97. The number of nitrogens with two attached hydrogens (primary N) is 1. The number of hydrogen-bond acceptors (Lipinski definition) is 8. The molecule has 10 nitrogen and oxygen atoms in total. The Balaban J connectivity index is 1.71. The number of anilines is 1. The number of pyridine rings is 2. The van der Waals surface area contributed by atoms with Crippen molar-refractivity contribution in [2.75, 3.05) is 4.72 Å². The van der Waals surface area contributed by atoms with Gasteiger partial charge in [0.05, 0.1) is 11.3 Å². The fraction of sp³-hybridized carbons (Fsp3) is 0.0833. The summed E-state index contributed by atoms with van der Waals surface area (Å²) < 4.78 is 33.0. The predicted octanol–water partition coefficient (Wildman–Crippen LogP) is 2.75. The van der Waals surface area contributed by atoms with Gasteiger partial charge in [0.1, 0.15) is 5.69 Å². The van der Waals surface area contributed by atoms with E-state index in [9.17, 15) is 18.3 Å². The molecule has 0 bridgehead atoms. The zero-order valence-electron chi connectivity index (χ0n) is 18.6. The highest BCUT2D eigenvalue weighted by molar-refractivity contribution is 7.92. The number of nitrogens with zero attached hydrogens (tertiary/aromatic N) is 3. The van der Waals surface area contributed by atoms with E-state index in [0.717, 1.165) is 5.56 Å². The summed E-state index contributed by atoms with van der Waals surface area (Å²) in [6, 6.07) is 11.8. The maximum Gasteiger partial charge on any atom is 0.268 e. The van der Waals surface area contributed by atoms with Gasteiger partial charge < -0.3 is 15.4 Å². The minimum absolute atomic E-state index is 0.0590. The van der Waals surface area contributed by atoms with Gasteiger partial charge in [-0.3, -0.25) is 14.5 Å². The summed E-state index contributed by atoms with van der Waals surface area (Å²) in [5, 5.41) is 14.1.